The van der Waals surface area contributed by atoms with E-state index in [9.17, 15) is 9.59 Å². The van der Waals surface area contributed by atoms with Crippen molar-refractivity contribution in [3.8, 4) is 126 Å². The molecule has 0 radical (unpaired) electrons. The summed E-state index contributed by atoms with van der Waals surface area (Å²) in [5.74, 6) is 4.04. The Hall–Kier alpha value is -13.2. The second-order valence-corrected chi connectivity index (χ2v) is 44.4. The van der Waals surface area contributed by atoms with Crippen molar-refractivity contribution in [2.24, 2.45) is 12.8 Å². The fourth-order valence-corrected chi connectivity index (χ4v) is 24.3. The third-order valence-electron chi connectivity index (χ3n) is 21.5. The average Bonchev–Trinajstić information content (AvgIpc) is 1.66. The second-order valence-electron chi connectivity index (χ2n) is 33.2. The number of likely N-dealkylation sites (N-methyl/N-ethyl adjacent to an activating group) is 2. The van der Waals surface area contributed by atoms with E-state index in [1.54, 1.807) is 166 Å². The zero-order valence-electron chi connectivity index (χ0n) is 82.7. The Balaban J connectivity index is 0.000000135. The zero-order valence-corrected chi connectivity index (χ0v) is 91.7. The van der Waals surface area contributed by atoms with Crippen LogP contribution in [0.15, 0.2) is 159 Å². The molecule has 0 aliphatic rings. The van der Waals surface area contributed by atoms with E-state index < -0.39 is 5.91 Å². The normalized spacial score (nSPS) is 11.1. The molecule has 0 saturated carbocycles. The van der Waals surface area contributed by atoms with E-state index in [0.29, 0.717) is 22.1 Å². The van der Waals surface area contributed by atoms with Crippen LogP contribution in [-0.2, 0) is 13.6 Å². The Morgan fingerprint density at radius 1 is 0.448 bits per heavy atom. The van der Waals surface area contributed by atoms with Gasteiger partial charge in [-0.1, -0.05) is 17.3 Å². The van der Waals surface area contributed by atoms with Crippen LogP contribution in [0.3, 0.4) is 0 Å². The summed E-state index contributed by atoms with van der Waals surface area (Å²) in [6.45, 7) is 30.3. The quantitative estimate of drug-likeness (QED) is 0.0193. The molecule has 0 fully saturated rings. The molecule has 14 heterocycles. The van der Waals surface area contributed by atoms with Gasteiger partial charge >= 0.3 is 0 Å². The molecule has 0 unspecified atom stereocenters. The minimum absolute atomic E-state index is 0.00838. The molecule has 42 heteroatoms. The van der Waals surface area contributed by atoms with Gasteiger partial charge in [0.25, 0.3) is 0 Å². The Bertz CT molecular complexity index is 7580. The van der Waals surface area contributed by atoms with Gasteiger partial charge in [-0.25, -0.2) is 49.8 Å². The lowest BCUT2D eigenvalue weighted by Gasteiger charge is -2.17. The molecular formula is C101H107N23O8S11. The number of hydrogen-bond donors (Lipinski definition) is 7. The number of anilines is 10. The number of ether oxygens (including phenoxy) is 5. The number of H-pyrrole nitrogens is 1. The highest BCUT2D eigenvalue weighted by Gasteiger charge is 2.24. The van der Waals surface area contributed by atoms with Crippen LogP contribution in [0.25, 0.3) is 96.8 Å². The zero-order chi connectivity index (χ0) is 102. The Labute approximate surface area is 872 Å². The van der Waals surface area contributed by atoms with Crippen LogP contribution < -0.4 is 56.0 Å². The van der Waals surface area contributed by atoms with Crippen molar-refractivity contribution >= 4 is 190 Å². The summed E-state index contributed by atoms with van der Waals surface area (Å²) in [6, 6.07) is 34.8. The van der Waals surface area contributed by atoms with E-state index in [1.165, 1.54) is 22.7 Å². The van der Waals surface area contributed by atoms with Crippen molar-refractivity contribution in [2.45, 2.75) is 110 Å². The van der Waals surface area contributed by atoms with Gasteiger partial charge in [-0.15, -0.1) is 125 Å². The summed E-state index contributed by atoms with van der Waals surface area (Å²) in [4.78, 5) is 81.4. The SMILES string of the molecule is COc1ccc(-c2c(C)noc2C)cc1Nc1nc(-c2sc(C)nc2C)cs1.COc1ccc(-c2ccc(C(C)=O)s2)cc1Nc1nc(-c2sc(C)nc2C)cs1.COc1ccc(-c2ccn[nH]2)cc1Nc1nc(-c2sc(C)nc2C)cs1.COc1ccc(-c2cnn(C)c2)cc1Nc1nc(-c2sc(C)nc2C)cs1.Cc1nc(CN(C)CCN(C)C)sc1-c1csc(Nc2cc(C(N)=O)ccc2OC(C)C)n1. The molecule has 0 bridgehead atoms. The number of aromatic amines is 1. The number of thiophene rings is 1. The smallest absolute Gasteiger partial charge is 0.248 e. The number of carbonyl (C=O) groups is 2. The number of methoxy groups -OCH3 is 4. The standard InChI is InChI=1S/C23H32N6O2S2.C21H19N3O2S3.C20H20N4O2S2.C19H19N5OS2.C18H17N5OS2/c1-14(2)31-19-8-7-16(22(24)30)11-17(19)26-23-27-18(13-32-23)21-15(3)25-20(33-21)12-29(6)10-9-28(4)5;1-11-20(28-13(3)22-11)16-10-27-21(24-16)23-15-9-14(5-6-17(15)26-4)19-8-7-18(29-19)12(2)25;1-10-18(12(3)26-24-10)14-6-7-17(25-5)15(8-14)22-20-23-16(9-27-20)19-11(2)21-13(4)28-19;1-11-18(27-12(2)21-11)16-10-26-19(23-16)22-15-7-13(5-6-17(15)25-4)14-8-20-24(3)9-14;1-10-17(26-11(2)20-10)15-9-25-18(22-15)21-14-8-12(4-5-16(14)24-3)13-6-7-19-23-13/h7-8,11,13-14H,9-10,12H2,1-6H3,(H2,24,30)(H,26,27);5-10H,1-4H3,(H,23,24);6-9H,1-5H3,(H,22,23);5-10H,1-4H3,(H,22,23);4-9H,1-3H3,(H,19,23)(H,21,22). The summed E-state index contributed by atoms with van der Waals surface area (Å²) in [5.41, 5.74) is 27.6. The number of rotatable bonds is 32. The van der Waals surface area contributed by atoms with Crippen molar-refractivity contribution in [1.29, 1.82) is 0 Å². The van der Waals surface area contributed by atoms with E-state index in [0.717, 1.165) is 253 Å². The Kier molecular flexibility index (Phi) is 34.5. The monoisotopic (exact) mass is 2120 g/mol. The number of ketones is 1. The van der Waals surface area contributed by atoms with Gasteiger partial charge < -0.3 is 65.4 Å². The Morgan fingerprint density at radius 2 is 0.846 bits per heavy atom. The number of thiazole rings is 10. The number of benzene rings is 5. The summed E-state index contributed by atoms with van der Waals surface area (Å²) in [5, 5.41) is 51.5. The number of amides is 1. The molecule has 0 atom stereocenters. The van der Waals surface area contributed by atoms with E-state index in [2.05, 4.69) is 109 Å². The number of hydrogen-bond acceptors (Lipinski definition) is 39. The third kappa shape index (κ3) is 26.4. The largest absolute Gasteiger partial charge is 0.495 e. The van der Waals surface area contributed by atoms with Crippen LogP contribution in [-0.4, -0.2) is 165 Å². The maximum absolute atomic E-state index is 11.6. The Morgan fingerprint density at radius 3 is 1.22 bits per heavy atom. The molecule has 14 aromatic heterocycles. The number of nitrogens with zero attached hydrogens (tertiary/aromatic N) is 16. The summed E-state index contributed by atoms with van der Waals surface area (Å²) in [7, 11) is 14.8. The van der Waals surface area contributed by atoms with Crippen molar-refractivity contribution in [3.63, 3.8) is 0 Å². The van der Waals surface area contributed by atoms with Gasteiger partial charge in [0.2, 0.25) is 5.91 Å². The van der Waals surface area contributed by atoms with Gasteiger partial charge in [-0.05, 0) is 232 Å². The topological polar surface area (TPSA) is 374 Å². The van der Waals surface area contributed by atoms with Crippen molar-refractivity contribution < 1.29 is 37.8 Å². The van der Waals surface area contributed by atoms with E-state index in [1.807, 2.05) is 216 Å². The van der Waals surface area contributed by atoms with Gasteiger partial charge in [0.05, 0.1) is 193 Å². The highest BCUT2D eigenvalue weighted by Crippen LogP contribution is 2.45. The summed E-state index contributed by atoms with van der Waals surface area (Å²) < 4.78 is 35.0. The maximum Gasteiger partial charge on any atom is 0.248 e. The van der Waals surface area contributed by atoms with Crippen LogP contribution >= 0.6 is 125 Å². The fraction of sp³-hybridized carbons (Fsp3) is 0.257. The lowest BCUT2D eigenvalue weighted by Crippen LogP contribution is -2.28. The third-order valence-corrected chi connectivity index (χ3v) is 32.1. The van der Waals surface area contributed by atoms with Crippen molar-refractivity contribution in [2.75, 3.05) is 89.3 Å². The molecule has 19 rings (SSSR count). The van der Waals surface area contributed by atoms with E-state index in [-0.39, 0.29) is 11.9 Å². The van der Waals surface area contributed by atoms with Crippen molar-refractivity contribution in [1.82, 2.24) is 84.8 Å². The predicted molar refractivity (Wildman–Crippen MR) is 591 cm³/mol. The molecule has 1 amide bonds. The number of carbonyl (C=O) groups excluding carboxylic acids is 2. The molecule has 31 nitrogen and oxygen atoms in total. The molecule has 8 N–H and O–H groups in total. The lowest BCUT2D eigenvalue weighted by atomic mass is 10.0. The summed E-state index contributed by atoms with van der Waals surface area (Å²) >= 11 is 17.5. The molecular weight excluding hydrogens is 2020 g/mol. The first-order chi connectivity index (χ1) is 68.7. The van der Waals surface area contributed by atoms with E-state index >= 15 is 0 Å². The minimum Gasteiger partial charge on any atom is -0.495 e. The first kappa shape index (κ1) is 104. The number of nitrogens with one attached hydrogen (secondary N) is 6. The van der Waals surface area contributed by atoms with Gasteiger partial charge in [-0.2, -0.15) is 10.2 Å². The number of nitrogens with two attached hydrogens (primary N) is 1. The van der Waals surface area contributed by atoms with Crippen LogP contribution in [0.1, 0.15) is 106 Å². The fourth-order valence-electron chi connectivity index (χ4n) is 14.8. The first-order valence-corrected chi connectivity index (χ1v) is 54.1. The summed E-state index contributed by atoms with van der Waals surface area (Å²) in [6.07, 6.45) is 5.56. The molecule has 143 heavy (non-hydrogen) atoms. The van der Waals surface area contributed by atoms with Gasteiger partial charge in [0, 0.05) is 86.6 Å². The second kappa shape index (κ2) is 47.3. The molecule has 19 aromatic rings. The van der Waals surface area contributed by atoms with Gasteiger partial charge in [0.15, 0.2) is 31.4 Å². The van der Waals surface area contributed by atoms with Crippen LogP contribution in [0.4, 0.5) is 54.1 Å². The van der Waals surface area contributed by atoms with Crippen LogP contribution in [0, 0.1) is 76.2 Å². The highest BCUT2D eigenvalue weighted by molar-refractivity contribution is 7.19. The molecule has 0 aliphatic heterocycles. The van der Waals surface area contributed by atoms with E-state index in [4.69, 9.17) is 63.8 Å². The van der Waals surface area contributed by atoms with Crippen LogP contribution in [0.5, 0.6) is 28.7 Å². The number of Topliss-reactive ketones (excluding diaryl/α,β-unsaturated/α-hetero) is 1. The van der Waals surface area contributed by atoms with Gasteiger partial charge in [-0.3, -0.25) is 24.3 Å². The highest BCUT2D eigenvalue weighted by atomic mass is 32.1. The first-order valence-electron chi connectivity index (χ1n) is 44.8. The minimum atomic E-state index is -0.489. The molecule has 0 saturated heterocycles. The van der Waals surface area contributed by atoms with Crippen molar-refractivity contribution in [3.05, 3.63) is 230 Å². The predicted octanol–water partition coefficient (Wildman–Crippen LogP) is 26.7. The van der Waals surface area contributed by atoms with Gasteiger partial charge in [0.1, 0.15) is 39.5 Å². The lowest BCUT2D eigenvalue weighted by molar-refractivity contribution is 0.0996. The molecule has 5 aromatic carbocycles. The average molecular weight is 2120 g/mol. The maximum atomic E-state index is 11.6. The molecule has 0 aliphatic carbocycles. The van der Waals surface area contributed by atoms with Crippen LogP contribution in [0.2, 0.25) is 0 Å². The molecule has 740 valence electrons. The molecule has 0 spiro atoms. The number of primary amides is 1. The number of aryl methyl sites for hydroxylation is 12. The number of aromatic nitrogens is 15.